The summed E-state index contributed by atoms with van der Waals surface area (Å²) in [5.74, 6) is -0.880. The summed E-state index contributed by atoms with van der Waals surface area (Å²) in [6.45, 7) is 7.34. The van der Waals surface area contributed by atoms with Gasteiger partial charge >= 0.3 is 5.97 Å². The van der Waals surface area contributed by atoms with Crippen LogP contribution in [0.1, 0.15) is 44.7 Å². The van der Waals surface area contributed by atoms with Crippen LogP contribution in [0.5, 0.6) is 11.5 Å². The first kappa shape index (κ1) is 23.5. The van der Waals surface area contributed by atoms with Crippen molar-refractivity contribution >= 4 is 11.9 Å². The third-order valence-electron chi connectivity index (χ3n) is 7.64. The zero-order valence-corrected chi connectivity index (χ0v) is 19.6. The van der Waals surface area contributed by atoms with Crippen LogP contribution >= 0.6 is 0 Å². The Balaban J connectivity index is 1.75. The van der Waals surface area contributed by atoms with Gasteiger partial charge in [-0.15, -0.1) is 0 Å². The maximum absolute atomic E-state index is 12.8. The highest BCUT2D eigenvalue weighted by molar-refractivity contribution is 5.86. The molecule has 1 aromatic rings. The SMILES string of the molecule is Cc1ccc(O)c2c1[C@]13CCN(C)[C@H](C)[C@]1(O)CC=C(OC(=O)[C@H](C)NC(=O)[C@H](C)O)[C@@H]3O2. The molecular weight excluding hydrogens is 428 g/mol. The lowest BCUT2D eigenvalue weighted by atomic mass is 9.54. The Bertz CT molecular complexity index is 1020. The van der Waals surface area contributed by atoms with Gasteiger partial charge < -0.3 is 35.0 Å². The van der Waals surface area contributed by atoms with E-state index < -0.39 is 41.1 Å². The maximum atomic E-state index is 12.8. The van der Waals surface area contributed by atoms with Crippen LogP contribution < -0.4 is 10.1 Å². The van der Waals surface area contributed by atoms with E-state index in [1.165, 1.54) is 13.8 Å². The van der Waals surface area contributed by atoms with Crippen LogP contribution in [0.2, 0.25) is 0 Å². The van der Waals surface area contributed by atoms with Gasteiger partial charge in [-0.25, -0.2) is 4.79 Å². The minimum atomic E-state index is -1.26. The first-order chi connectivity index (χ1) is 15.4. The lowest BCUT2D eigenvalue weighted by Crippen LogP contribution is -2.71. The number of nitrogens with one attached hydrogen (secondary N) is 1. The van der Waals surface area contributed by atoms with Crippen molar-refractivity contribution in [3.8, 4) is 11.5 Å². The Kier molecular flexibility index (Phi) is 5.71. The molecule has 0 bridgehead atoms. The van der Waals surface area contributed by atoms with E-state index in [9.17, 15) is 24.9 Å². The Morgan fingerprint density at radius 3 is 2.70 bits per heavy atom. The molecule has 1 saturated heterocycles. The van der Waals surface area contributed by atoms with Gasteiger partial charge in [0, 0.05) is 18.0 Å². The molecule has 1 spiro atoms. The Morgan fingerprint density at radius 2 is 2.03 bits per heavy atom. The summed E-state index contributed by atoms with van der Waals surface area (Å²) in [6.07, 6.45) is 0.349. The number of ether oxygens (including phenoxy) is 2. The minimum absolute atomic E-state index is 0.0310. The van der Waals surface area contributed by atoms with E-state index in [-0.39, 0.29) is 24.0 Å². The van der Waals surface area contributed by atoms with Crippen molar-refractivity contribution < 1.29 is 34.4 Å². The number of hydrogen-bond donors (Lipinski definition) is 4. The fourth-order valence-electron chi connectivity index (χ4n) is 5.60. The van der Waals surface area contributed by atoms with Gasteiger partial charge in [-0.2, -0.15) is 0 Å². The standard InChI is InChI=1S/C24H32N2O7/c1-12-6-7-16(28)19-18(12)23-10-11-26(5)15(4)24(23,31)9-8-17(20(23)33-19)32-22(30)13(2)25-21(29)14(3)27/h6-8,13-15,20,27-28,31H,9-11H2,1-5H3,(H,25,29)/t13-,14-,15+,20-,23-,24+/m0/s1. The van der Waals surface area contributed by atoms with Crippen molar-refractivity contribution in [3.63, 3.8) is 0 Å². The average molecular weight is 461 g/mol. The van der Waals surface area contributed by atoms with Crippen molar-refractivity contribution in [1.82, 2.24) is 10.2 Å². The topological polar surface area (TPSA) is 129 Å². The Labute approximate surface area is 193 Å². The first-order valence-electron chi connectivity index (χ1n) is 11.3. The lowest BCUT2D eigenvalue weighted by Gasteiger charge is -2.58. The number of nitrogens with zero attached hydrogens (tertiary/aromatic N) is 1. The van der Waals surface area contributed by atoms with E-state index in [0.29, 0.717) is 18.7 Å². The third-order valence-corrected chi connectivity index (χ3v) is 7.64. The summed E-state index contributed by atoms with van der Waals surface area (Å²) >= 11 is 0. The van der Waals surface area contributed by atoms with Crippen LogP contribution in [-0.4, -0.2) is 75.6 Å². The summed E-state index contributed by atoms with van der Waals surface area (Å²) in [7, 11) is 1.96. The van der Waals surface area contributed by atoms with Gasteiger partial charge in [0.1, 0.15) is 17.9 Å². The second-order valence-corrected chi connectivity index (χ2v) is 9.54. The molecule has 1 aromatic carbocycles. The summed E-state index contributed by atoms with van der Waals surface area (Å²) in [5.41, 5.74) is -0.526. The number of carbonyl (C=O) groups is 2. The van der Waals surface area contributed by atoms with Gasteiger partial charge in [0.15, 0.2) is 17.6 Å². The van der Waals surface area contributed by atoms with Crippen molar-refractivity contribution in [1.29, 1.82) is 0 Å². The van der Waals surface area contributed by atoms with E-state index in [1.807, 2.05) is 20.9 Å². The molecule has 4 rings (SSSR count). The second-order valence-electron chi connectivity index (χ2n) is 9.54. The molecule has 9 heteroatoms. The van der Waals surface area contributed by atoms with Crippen molar-refractivity contribution in [2.24, 2.45) is 0 Å². The Hall–Kier alpha value is -2.62. The molecular formula is C24H32N2O7. The van der Waals surface area contributed by atoms with E-state index in [4.69, 9.17) is 9.47 Å². The molecule has 1 amide bonds. The zero-order valence-electron chi connectivity index (χ0n) is 19.6. The number of aliphatic hydroxyl groups excluding tert-OH is 1. The number of piperidine rings is 1. The molecule has 0 aromatic heterocycles. The number of benzene rings is 1. The second kappa shape index (κ2) is 8.00. The number of fused-ring (bicyclic) bond motifs is 1. The number of carbonyl (C=O) groups excluding carboxylic acids is 2. The molecule has 0 saturated carbocycles. The number of likely N-dealkylation sites (N-methyl/N-ethyl adjacent to an activating group) is 1. The van der Waals surface area contributed by atoms with Gasteiger partial charge in [-0.05, 0) is 65.4 Å². The molecule has 6 atom stereocenters. The molecule has 2 aliphatic heterocycles. The molecule has 1 aliphatic carbocycles. The van der Waals surface area contributed by atoms with E-state index in [2.05, 4.69) is 10.2 Å². The molecule has 3 aliphatic rings. The number of aliphatic hydroxyl groups is 2. The summed E-state index contributed by atoms with van der Waals surface area (Å²) in [5, 5.41) is 34.5. The van der Waals surface area contributed by atoms with Crippen LogP contribution in [0.15, 0.2) is 24.0 Å². The number of amides is 1. The monoisotopic (exact) mass is 460 g/mol. The van der Waals surface area contributed by atoms with Crippen LogP contribution in [0.3, 0.4) is 0 Å². The molecule has 0 unspecified atom stereocenters. The van der Waals surface area contributed by atoms with Gasteiger partial charge in [-0.1, -0.05) is 6.07 Å². The maximum Gasteiger partial charge on any atom is 0.333 e. The number of phenols is 1. The van der Waals surface area contributed by atoms with E-state index >= 15 is 0 Å². The van der Waals surface area contributed by atoms with Gasteiger partial charge in [-0.3, -0.25) is 4.79 Å². The van der Waals surface area contributed by atoms with Crippen LogP contribution in [0.25, 0.3) is 0 Å². The predicted octanol–water partition coefficient (Wildman–Crippen LogP) is 0.871. The molecule has 2 heterocycles. The molecule has 0 radical (unpaired) electrons. The van der Waals surface area contributed by atoms with E-state index in [1.54, 1.807) is 18.2 Å². The number of hydrogen-bond acceptors (Lipinski definition) is 8. The predicted molar refractivity (Wildman–Crippen MR) is 119 cm³/mol. The summed E-state index contributed by atoms with van der Waals surface area (Å²) in [4.78, 5) is 26.7. The molecule has 33 heavy (non-hydrogen) atoms. The molecule has 180 valence electrons. The lowest BCUT2D eigenvalue weighted by molar-refractivity contribution is -0.163. The number of aromatic hydroxyl groups is 1. The number of phenolic OH excluding ortho intramolecular Hbond substituents is 1. The Morgan fingerprint density at radius 1 is 1.33 bits per heavy atom. The van der Waals surface area contributed by atoms with Crippen LogP contribution in [0, 0.1) is 6.92 Å². The minimum Gasteiger partial charge on any atom is -0.504 e. The number of likely N-dealkylation sites (tertiary alicyclic amines) is 1. The highest BCUT2D eigenvalue weighted by atomic mass is 16.6. The zero-order chi connectivity index (χ0) is 24.3. The first-order valence-corrected chi connectivity index (χ1v) is 11.3. The highest BCUT2D eigenvalue weighted by Crippen LogP contribution is 2.62. The molecule has 4 N–H and O–H groups in total. The third kappa shape index (κ3) is 3.33. The average Bonchev–Trinajstić information content (AvgIpc) is 3.13. The summed E-state index contributed by atoms with van der Waals surface area (Å²) in [6, 6.07) is 2.14. The van der Waals surface area contributed by atoms with Crippen molar-refractivity contribution in [3.05, 3.63) is 35.1 Å². The molecule has 9 nitrogen and oxygen atoms in total. The van der Waals surface area contributed by atoms with Crippen LogP contribution in [0.4, 0.5) is 0 Å². The molecule has 1 fully saturated rings. The highest BCUT2D eigenvalue weighted by Gasteiger charge is 2.69. The fourth-order valence-corrected chi connectivity index (χ4v) is 5.60. The normalized spacial score (nSPS) is 32.4. The quantitative estimate of drug-likeness (QED) is 0.488. The van der Waals surface area contributed by atoms with Gasteiger partial charge in [0.2, 0.25) is 5.91 Å². The summed E-state index contributed by atoms with van der Waals surface area (Å²) < 4.78 is 11.9. The van der Waals surface area contributed by atoms with Gasteiger partial charge in [0.25, 0.3) is 0 Å². The number of rotatable bonds is 4. The number of aryl methyl sites for hydroxylation is 1. The van der Waals surface area contributed by atoms with E-state index in [0.717, 1.165) is 11.1 Å². The van der Waals surface area contributed by atoms with Crippen LogP contribution in [-0.2, 0) is 19.7 Å². The largest absolute Gasteiger partial charge is 0.504 e. The van der Waals surface area contributed by atoms with Crippen molar-refractivity contribution in [2.45, 2.75) is 75.8 Å². The fraction of sp³-hybridized carbons (Fsp3) is 0.583. The van der Waals surface area contributed by atoms with Gasteiger partial charge in [0.05, 0.1) is 11.0 Å². The van der Waals surface area contributed by atoms with Crippen molar-refractivity contribution in [2.75, 3.05) is 13.6 Å². The number of esters is 1. The smallest absolute Gasteiger partial charge is 0.333 e.